The van der Waals surface area contributed by atoms with Crippen LogP contribution in [0.4, 0.5) is 0 Å². The molecule has 10 heteroatoms. The lowest BCUT2D eigenvalue weighted by atomic mass is 10.0. The van der Waals surface area contributed by atoms with E-state index in [-0.39, 0.29) is 29.5 Å². The topological polar surface area (TPSA) is 116 Å². The molecule has 0 unspecified atom stereocenters. The first-order valence-electron chi connectivity index (χ1n) is 8.05. The Hall–Kier alpha value is -2.98. The van der Waals surface area contributed by atoms with Crippen LogP contribution in [0, 0.1) is 0 Å². The van der Waals surface area contributed by atoms with Crippen molar-refractivity contribution < 1.29 is 26.9 Å². The Labute approximate surface area is 154 Å². The molecule has 0 spiro atoms. The van der Waals surface area contributed by atoms with E-state index >= 15 is 0 Å². The summed E-state index contributed by atoms with van der Waals surface area (Å²) >= 11 is 0. The molecule has 1 aromatic carbocycles. The lowest BCUT2D eigenvalue weighted by Gasteiger charge is -2.36. The number of hydrogen-bond acceptors (Lipinski definition) is 8. The maximum atomic E-state index is 12.9. The number of sulfonamides is 1. The fourth-order valence-corrected chi connectivity index (χ4v) is 4.52. The van der Waals surface area contributed by atoms with E-state index in [0.29, 0.717) is 17.5 Å². The van der Waals surface area contributed by atoms with Crippen LogP contribution in [-0.2, 0) is 14.8 Å². The van der Waals surface area contributed by atoms with E-state index in [1.54, 1.807) is 24.3 Å². The van der Waals surface area contributed by atoms with Crippen molar-refractivity contribution in [3.05, 3.63) is 54.1 Å². The molecular formula is C17H15N3O6S. The fraction of sp³-hybridized carbons (Fsp3) is 0.235. The average molecular weight is 389 g/mol. The van der Waals surface area contributed by atoms with E-state index in [9.17, 15) is 13.2 Å². The highest BCUT2D eigenvalue weighted by Crippen LogP contribution is 2.33. The minimum Gasteiger partial charge on any atom is -0.465 e. The number of nitrogens with zero attached hydrogens (tertiary/aromatic N) is 3. The fourth-order valence-electron chi connectivity index (χ4n) is 2.81. The van der Waals surface area contributed by atoms with Gasteiger partial charge < -0.3 is 13.7 Å². The van der Waals surface area contributed by atoms with Gasteiger partial charge in [0.1, 0.15) is 0 Å². The zero-order valence-electron chi connectivity index (χ0n) is 14.2. The zero-order chi connectivity index (χ0) is 19.0. The lowest BCUT2D eigenvalue weighted by molar-refractivity contribution is 0.0596. The summed E-state index contributed by atoms with van der Waals surface area (Å²) in [5, 5.41) is 3.85. The second-order valence-corrected chi connectivity index (χ2v) is 7.85. The predicted molar refractivity (Wildman–Crippen MR) is 91.3 cm³/mol. The summed E-state index contributed by atoms with van der Waals surface area (Å²) in [6.45, 7) is 0.356. The predicted octanol–water partition coefficient (Wildman–Crippen LogP) is 1.90. The third-order valence-corrected chi connectivity index (χ3v) is 6.18. The van der Waals surface area contributed by atoms with Crippen LogP contribution < -0.4 is 0 Å². The van der Waals surface area contributed by atoms with Crippen molar-refractivity contribution in [1.82, 2.24) is 14.4 Å². The number of ether oxygens (including phenoxy) is 1. The van der Waals surface area contributed by atoms with Crippen LogP contribution in [0.1, 0.15) is 22.2 Å². The number of benzene rings is 1. The summed E-state index contributed by atoms with van der Waals surface area (Å²) in [6, 6.07) is 9.36. The SMILES string of the molecule is COC(=O)c1ccccc1S(=O)(=O)N1CC(c2nc(-c3ccco3)no2)C1. The van der Waals surface area contributed by atoms with E-state index < -0.39 is 16.0 Å². The normalized spacial score (nSPS) is 15.4. The van der Waals surface area contributed by atoms with Crippen LogP contribution in [0.5, 0.6) is 0 Å². The molecule has 3 aromatic rings. The second-order valence-electron chi connectivity index (χ2n) is 5.94. The lowest BCUT2D eigenvalue weighted by Crippen LogP contribution is -2.48. The Bertz CT molecular complexity index is 1070. The van der Waals surface area contributed by atoms with Gasteiger partial charge in [0, 0.05) is 13.1 Å². The molecule has 1 aliphatic rings. The maximum absolute atomic E-state index is 12.9. The van der Waals surface area contributed by atoms with Gasteiger partial charge in [-0.3, -0.25) is 0 Å². The highest BCUT2D eigenvalue weighted by Gasteiger charge is 2.41. The van der Waals surface area contributed by atoms with Gasteiger partial charge in [0.25, 0.3) is 0 Å². The van der Waals surface area contributed by atoms with Crippen LogP contribution in [0.3, 0.4) is 0 Å². The van der Waals surface area contributed by atoms with E-state index in [1.807, 2.05) is 0 Å². The summed E-state index contributed by atoms with van der Waals surface area (Å²) in [5.41, 5.74) is 0.00125. The number of aromatic nitrogens is 2. The Morgan fingerprint density at radius 2 is 2.00 bits per heavy atom. The monoisotopic (exact) mass is 389 g/mol. The summed E-state index contributed by atoms with van der Waals surface area (Å²) in [4.78, 5) is 16.0. The van der Waals surface area contributed by atoms with Gasteiger partial charge in [0.2, 0.25) is 21.7 Å². The van der Waals surface area contributed by atoms with E-state index in [1.165, 1.54) is 29.8 Å². The number of furan rings is 1. The highest BCUT2D eigenvalue weighted by molar-refractivity contribution is 7.89. The van der Waals surface area contributed by atoms with Gasteiger partial charge in [0.15, 0.2) is 5.76 Å². The molecule has 140 valence electrons. The minimum absolute atomic E-state index is 0.00125. The van der Waals surface area contributed by atoms with E-state index in [4.69, 9.17) is 8.94 Å². The number of carbonyl (C=O) groups excluding carboxylic acids is 1. The number of hydrogen-bond donors (Lipinski definition) is 0. The minimum atomic E-state index is -3.84. The molecule has 0 bridgehead atoms. The molecule has 4 rings (SSSR count). The van der Waals surface area contributed by atoms with Crippen molar-refractivity contribution in [2.75, 3.05) is 20.2 Å². The molecular weight excluding hydrogens is 374 g/mol. The number of carbonyl (C=O) groups is 1. The molecule has 2 aromatic heterocycles. The van der Waals surface area contributed by atoms with E-state index in [2.05, 4.69) is 14.9 Å². The van der Waals surface area contributed by atoms with Gasteiger partial charge in [-0.25, -0.2) is 13.2 Å². The molecule has 27 heavy (non-hydrogen) atoms. The van der Waals surface area contributed by atoms with Crippen LogP contribution in [0.25, 0.3) is 11.6 Å². The largest absolute Gasteiger partial charge is 0.465 e. The van der Waals surface area contributed by atoms with Crippen molar-refractivity contribution in [2.45, 2.75) is 10.8 Å². The Morgan fingerprint density at radius 1 is 1.22 bits per heavy atom. The third-order valence-electron chi connectivity index (χ3n) is 4.29. The van der Waals surface area contributed by atoms with Gasteiger partial charge in [0.05, 0.1) is 29.7 Å². The number of rotatable bonds is 5. The maximum Gasteiger partial charge on any atom is 0.339 e. The van der Waals surface area contributed by atoms with Gasteiger partial charge in [-0.1, -0.05) is 17.3 Å². The Kier molecular flexibility index (Phi) is 4.28. The molecule has 0 saturated carbocycles. The van der Waals surface area contributed by atoms with Crippen molar-refractivity contribution in [3.63, 3.8) is 0 Å². The first-order valence-corrected chi connectivity index (χ1v) is 9.49. The summed E-state index contributed by atoms with van der Waals surface area (Å²) in [6.07, 6.45) is 1.50. The number of methoxy groups -OCH3 is 1. The first kappa shape index (κ1) is 17.4. The molecule has 1 fully saturated rings. The van der Waals surface area contributed by atoms with Crippen molar-refractivity contribution in [3.8, 4) is 11.6 Å². The van der Waals surface area contributed by atoms with Gasteiger partial charge in [-0.15, -0.1) is 0 Å². The summed E-state index contributed by atoms with van der Waals surface area (Å²) in [5.74, 6) is 0.203. The van der Waals surface area contributed by atoms with Crippen LogP contribution in [0.2, 0.25) is 0 Å². The molecule has 9 nitrogen and oxygen atoms in total. The molecule has 0 amide bonds. The molecule has 1 aliphatic heterocycles. The van der Waals surface area contributed by atoms with Gasteiger partial charge in [-0.05, 0) is 24.3 Å². The molecule has 1 saturated heterocycles. The second kappa shape index (κ2) is 6.63. The molecule has 0 atom stereocenters. The van der Waals surface area contributed by atoms with Gasteiger partial charge >= 0.3 is 5.97 Å². The summed E-state index contributed by atoms with van der Waals surface area (Å²) in [7, 11) is -2.64. The molecule has 0 N–H and O–H groups in total. The highest BCUT2D eigenvalue weighted by atomic mass is 32.2. The quantitative estimate of drug-likeness (QED) is 0.608. The molecule has 0 aliphatic carbocycles. The smallest absolute Gasteiger partial charge is 0.339 e. The first-order chi connectivity index (χ1) is 13.0. The molecule has 0 radical (unpaired) electrons. The summed E-state index contributed by atoms with van der Waals surface area (Å²) < 4.78 is 42.1. The van der Waals surface area contributed by atoms with Crippen LogP contribution in [-0.4, -0.2) is 49.0 Å². The standard InChI is InChI=1S/C17H15N3O6S/c1-24-17(21)12-5-2-3-7-14(12)27(22,23)20-9-11(10-20)16-18-15(19-26-16)13-6-4-8-25-13/h2-8,11H,9-10H2,1H3. The van der Waals surface area contributed by atoms with Crippen molar-refractivity contribution in [1.29, 1.82) is 0 Å². The average Bonchev–Trinajstić information content (AvgIpc) is 3.31. The number of esters is 1. The van der Waals surface area contributed by atoms with Crippen LogP contribution >= 0.6 is 0 Å². The van der Waals surface area contributed by atoms with Crippen molar-refractivity contribution >= 4 is 16.0 Å². The Balaban J connectivity index is 1.52. The van der Waals surface area contributed by atoms with Gasteiger partial charge in [-0.2, -0.15) is 9.29 Å². The third kappa shape index (κ3) is 3.02. The van der Waals surface area contributed by atoms with E-state index in [0.717, 1.165) is 0 Å². The molecule has 3 heterocycles. The van der Waals surface area contributed by atoms with Crippen LogP contribution in [0.15, 0.2) is 56.5 Å². The Morgan fingerprint density at radius 3 is 2.70 bits per heavy atom. The zero-order valence-corrected chi connectivity index (χ0v) is 15.0. The van der Waals surface area contributed by atoms with Crippen molar-refractivity contribution in [2.24, 2.45) is 0 Å².